The summed E-state index contributed by atoms with van der Waals surface area (Å²) in [5, 5.41) is 1.83. The topological polar surface area (TPSA) is 54.7 Å². The largest absolute Gasteiger partial charge is 0.403 e. The van der Waals surface area contributed by atoms with E-state index in [2.05, 4.69) is 16.9 Å². The Morgan fingerprint density at radius 2 is 2.60 bits per heavy atom. The lowest BCUT2D eigenvalue weighted by Gasteiger charge is -1.75. The van der Waals surface area contributed by atoms with Crippen molar-refractivity contribution in [2.24, 2.45) is 5.73 Å². The van der Waals surface area contributed by atoms with Crippen molar-refractivity contribution in [2.75, 3.05) is 0 Å². The Morgan fingerprint density at radius 3 is 3.20 bits per heavy atom. The van der Waals surface area contributed by atoms with Crippen molar-refractivity contribution < 1.29 is 0 Å². The predicted molar refractivity (Wildman–Crippen MR) is 41.2 cm³/mol. The van der Waals surface area contributed by atoms with E-state index in [1.807, 2.05) is 6.08 Å². The molecule has 0 fully saturated rings. The van der Waals surface area contributed by atoms with E-state index in [0.717, 1.165) is 17.1 Å². The van der Waals surface area contributed by atoms with Gasteiger partial charge in [0.2, 0.25) is 0 Å². The number of hydrogen-bond acceptors (Lipinski definition) is 2. The van der Waals surface area contributed by atoms with E-state index in [0.29, 0.717) is 0 Å². The molecule has 1 aromatic rings. The molecular weight excluding hydrogens is 126 g/mol. The van der Waals surface area contributed by atoms with Crippen molar-refractivity contribution >= 4 is 12.3 Å². The zero-order valence-corrected chi connectivity index (χ0v) is 5.96. The Morgan fingerprint density at radius 1 is 1.80 bits per heavy atom. The number of nitrogens with two attached hydrogens (primary N) is 1. The van der Waals surface area contributed by atoms with E-state index >= 15 is 0 Å². The van der Waals surface area contributed by atoms with E-state index in [9.17, 15) is 0 Å². The fourth-order valence-electron chi connectivity index (χ4n) is 0.804. The van der Waals surface area contributed by atoms with Crippen LogP contribution >= 0.6 is 0 Å². The van der Waals surface area contributed by atoms with Gasteiger partial charge in [0.05, 0.1) is 17.0 Å². The van der Waals surface area contributed by atoms with Crippen molar-refractivity contribution in [3.05, 3.63) is 17.0 Å². The first-order valence-corrected chi connectivity index (χ1v) is 3.30. The molecule has 0 amide bonds. The fourth-order valence-corrected chi connectivity index (χ4v) is 0.804. The van der Waals surface area contributed by atoms with Gasteiger partial charge in [-0.1, -0.05) is 13.0 Å². The summed E-state index contributed by atoms with van der Waals surface area (Å²) in [5.41, 5.74) is 5.31. The van der Waals surface area contributed by atoms with E-state index in [1.165, 1.54) is 6.20 Å². The van der Waals surface area contributed by atoms with Gasteiger partial charge in [-0.05, 0) is 6.42 Å². The molecule has 0 saturated heterocycles. The summed E-state index contributed by atoms with van der Waals surface area (Å²) in [6.45, 7) is 2.06. The molecule has 3 nitrogen and oxygen atoms in total. The Balaban J connectivity index is 3.28. The molecule has 0 unspecified atom stereocenters. The quantitative estimate of drug-likeness (QED) is 0.537. The van der Waals surface area contributed by atoms with Crippen LogP contribution in [0.5, 0.6) is 0 Å². The van der Waals surface area contributed by atoms with E-state index < -0.39 is 0 Å². The smallest absolute Gasteiger partial charge is 0.0932 e. The van der Waals surface area contributed by atoms with Gasteiger partial charge in [-0.25, -0.2) is 4.98 Å². The molecular formula is C7H11N3. The first-order chi connectivity index (χ1) is 4.88. The van der Waals surface area contributed by atoms with Crippen LogP contribution in [0.1, 0.15) is 13.3 Å². The zero-order chi connectivity index (χ0) is 7.40. The number of aromatic nitrogens is 2. The first-order valence-electron chi connectivity index (χ1n) is 3.30. The van der Waals surface area contributed by atoms with Gasteiger partial charge in [0.15, 0.2) is 0 Å². The van der Waals surface area contributed by atoms with Crippen LogP contribution in [0.3, 0.4) is 0 Å². The van der Waals surface area contributed by atoms with Gasteiger partial charge < -0.3 is 10.7 Å². The molecule has 0 bridgehead atoms. The van der Waals surface area contributed by atoms with Gasteiger partial charge >= 0.3 is 0 Å². The number of nitrogens with one attached hydrogen (secondary N) is 1. The average Bonchev–Trinajstić information content (AvgIpc) is 2.36. The third kappa shape index (κ3) is 1.18. The summed E-state index contributed by atoms with van der Waals surface area (Å²) in [4.78, 5) is 6.97. The highest BCUT2D eigenvalue weighted by Gasteiger charge is 1.82. The number of H-pyrrole nitrogens is 1. The van der Waals surface area contributed by atoms with Gasteiger partial charge in [0.25, 0.3) is 0 Å². The number of imidazole rings is 1. The molecule has 3 N–H and O–H groups in total. The highest BCUT2D eigenvalue weighted by atomic mass is 14.9. The molecule has 1 heterocycles. The number of hydrogen-bond donors (Lipinski definition) is 2. The molecule has 1 aromatic heterocycles. The minimum atomic E-state index is 0.891. The number of rotatable bonds is 1. The molecule has 0 spiro atoms. The van der Waals surface area contributed by atoms with E-state index in [1.54, 1.807) is 6.33 Å². The Kier molecular flexibility index (Phi) is 2.10. The fraction of sp³-hybridized carbons (Fsp3) is 0.286. The Labute approximate surface area is 59.3 Å². The monoisotopic (exact) mass is 137 g/mol. The van der Waals surface area contributed by atoms with Crippen molar-refractivity contribution in [3.63, 3.8) is 0 Å². The molecule has 0 atom stereocenters. The lowest BCUT2D eigenvalue weighted by molar-refractivity contribution is 1.23. The molecule has 0 aliphatic heterocycles. The summed E-state index contributed by atoms with van der Waals surface area (Å²) >= 11 is 0. The first kappa shape index (κ1) is 6.86. The molecule has 0 aliphatic carbocycles. The number of nitrogens with zero attached hydrogens (tertiary/aromatic N) is 1. The summed E-state index contributed by atoms with van der Waals surface area (Å²) < 4.78 is 0. The van der Waals surface area contributed by atoms with Gasteiger partial charge in [-0.15, -0.1) is 0 Å². The predicted octanol–water partition coefficient (Wildman–Crippen LogP) is -0.703. The summed E-state index contributed by atoms with van der Waals surface area (Å²) in [7, 11) is 0. The van der Waals surface area contributed by atoms with Crippen LogP contribution in [0.4, 0.5) is 0 Å². The summed E-state index contributed by atoms with van der Waals surface area (Å²) in [6.07, 6.45) is 6.16. The van der Waals surface area contributed by atoms with Crippen molar-refractivity contribution in [1.29, 1.82) is 0 Å². The molecule has 0 aromatic carbocycles. The molecule has 0 aliphatic rings. The standard InChI is InChI=1S/C7H11N3/c1-2-3-6-7(4-8)10-5-9-6/h3-5H,2,8H2,1H3,(H,9,10)/b6-3+,7-4+. The van der Waals surface area contributed by atoms with Crippen LogP contribution < -0.4 is 16.4 Å². The van der Waals surface area contributed by atoms with Crippen molar-refractivity contribution in [2.45, 2.75) is 13.3 Å². The van der Waals surface area contributed by atoms with Crippen LogP contribution in [-0.4, -0.2) is 9.97 Å². The second-order valence-corrected chi connectivity index (χ2v) is 1.98. The highest BCUT2D eigenvalue weighted by Crippen LogP contribution is 1.70. The molecule has 3 heteroatoms. The lowest BCUT2D eigenvalue weighted by atomic mass is 10.4. The Bertz CT molecular complexity index is 297. The minimum Gasteiger partial charge on any atom is -0.403 e. The molecule has 0 saturated carbocycles. The van der Waals surface area contributed by atoms with Gasteiger partial charge in [0, 0.05) is 6.20 Å². The Hall–Kier alpha value is -1.25. The lowest BCUT2D eigenvalue weighted by Crippen LogP contribution is -2.25. The van der Waals surface area contributed by atoms with Crippen LogP contribution in [0, 0.1) is 0 Å². The second kappa shape index (κ2) is 3.06. The average molecular weight is 137 g/mol. The maximum absolute atomic E-state index is 5.31. The molecule has 10 heavy (non-hydrogen) atoms. The molecule has 0 radical (unpaired) electrons. The molecule has 1 rings (SSSR count). The van der Waals surface area contributed by atoms with Crippen molar-refractivity contribution in [1.82, 2.24) is 9.97 Å². The van der Waals surface area contributed by atoms with Crippen LogP contribution in [-0.2, 0) is 0 Å². The maximum Gasteiger partial charge on any atom is 0.0932 e. The zero-order valence-electron chi connectivity index (χ0n) is 5.96. The number of aromatic amines is 1. The maximum atomic E-state index is 5.31. The normalized spacial score (nSPS) is 14.5. The van der Waals surface area contributed by atoms with E-state index in [4.69, 9.17) is 5.73 Å². The van der Waals surface area contributed by atoms with Crippen molar-refractivity contribution in [3.8, 4) is 0 Å². The van der Waals surface area contributed by atoms with Gasteiger partial charge in [-0.2, -0.15) is 0 Å². The highest BCUT2D eigenvalue weighted by molar-refractivity contribution is 5.22. The summed E-state index contributed by atoms with van der Waals surface area (Å²) in [6, 6.07) is 0. The SMILES string of the molecule is CC/C=c1/nc[nH]/c1=C/N. The third-order valence-corrected chi connectivity index (χ3v) is 1.26. The van der Waals surface area contributed by atoms with E-state index in [-0.39, 0.29) is 0 Å². The van der Waals surface area contributed by atoms with Gasteiger partial charge in [0.1, 0.15) is 0 Å². The summed E-state index contributed by atoms with van der Waals surface area (Å²) in [5.74, 6) is 0. The van der Waals surface area contributed by atoms with Crippen LogP contribution in [0.15, 0.2) is 6.33 Å². The minimum absolute atomic E-state index is 0.891. The third-order valence-electron chi connectivity index (χ3n) is 1.26. The molecule has 54 valence electrons. The van der Waals surface area contributed by atoms with Gasteiger partial charge in [-0.3, -0.25) is 0 Å². The van der Waals surface area contributed by atoms with Crippen LogP contribution in [0.25, 0.3) is 12.3 Å². The second-order valence-electron chi connectivity index (χ2n) is 1.98. The van der Waals surface area contributed by atoms with Crippen LogP contribution in [0.2, 0.25) is 0 Å².